The smallest absolute Gasteiger partial charge is 0.237 e. The number of carbonyl (C=O) groups excluding carboxylic acids is 1. The molecule has 1 aliphatic heterocycles. The van der Waals surface area contributed by atoms with Crippen LogP contribution >= 0.6 is 0 Å². The molecule has 0 bridgehead atoms. The maximum absolute atomic E-state index is 12.0. The highest BCUT2D eigenvalue weighted by Gasteiger charge is 2.27. The van der Waals surface area contributed by atoms with E-state index in [1.54, 1.807) is 0 Å². The number of nitrogens with zero attached hydrogens (tertiary/aromatic N) is 1. The first kappa shape index (κ1) is 18.2. The van der Waals surface area contributed by atoms with Gasteiger partial charge >= 0.3 is 0 Å². The summed E-state index contributed by atoms with van der Waals surface area (Å²) < 4.78 is 11.7. The van der Waals surface area contributed by atoms with Gasteiger partial charge in [-0.1, -0.05) is 18.1 Å². The highest BCUT2D eigenvalue weighted by molar-refractivity contribution is 5.81. The summed E-state index contributed by atoms with van der Waals surface area (Å²) in [6, 6.07) is 7.58. The van der Waals surface area contributed by atoms with Crippen LogP contribution in [0.25, 0.3) is 0 Å². The molecule has 0 aromatic heterocycles. The van der Waals surface area contributed by atoms with Crippen LogP contribution in [0.5, 0.6) is 11.5 Å². The van der Waals surface area contributed by atoms with Gasteiger partial charge in [-0.2, -0.15) is 0 Å². The second-order valence-electron chi connectivity index (χ2n) is 5.83. The largest absolute Gasteiger partial charge is 0.490 e. The van der Waals surface area contributed by atoms with Gasteiger partial charge in [0.25, 0.3) is 0 Å². The zero-order valence-corrected chi connectivity index (χ0v) is 14.5. The topological polar surface area (TPSA) is 50.8 Å². The van der Waals surface area contributed by atoms with Crippen LogP contribution in [0.3, 0.4) is 0 Å². The van der Waals surface area contributed by atoms with Gasteiger partial charge in [0.1, 0.15) is 6.10 Å². The fourth-order valence-electron chi connectivity index (χ4n) is 2.83. The predicted molar refractivity (Wildman–Crippen MR) is 94.1 cm³/mol. The molecule has 1 aliphatic rings. The Balaban J connectivity index is 1.85. The minimum Gasteiger partial charge on any atom is -0.490 e. The summed E-state index contributed by atoms with van der Waals surface area (Å²) in [4.78, 5) is 14.2. The fraction of sp³-hybridized carbons (Fsp3) is 0.526. The zero-order chi connectivity index (χ0) is 17.4. The third-order valence-electron chi connectivity index (χ3n) is 4.21. The summed E-state index contributed by atoms with van der Waals surface area (Å²) >= 11 is 0. The van der Waals surface area contributed by atoms with Gasteiger partial charge in [-0.25, -0.2) is 0 Å². The highest BCUT2D eigenvalue weighted by Crippen LogP contribution is 2.29. The lowest BCUT2D eigenvalue weighted by molar-refractivity contribution is -0.126. The van der Waals surface area contributed by atoms with E-state index in [4.69, 9.17) is 15.9 Å². The predicted octanol–water partition coefficient (Wildman–Crippen LogP) is 2.07. The second-order valence-corrected chi connectivity index (χ2v) is 5.83. The first-order valence-corrected chi connectivity index (χ1v) is 8.49. The van der Waals surface area contributed by atoms with E-state index < -0.39 is 0 Å². The Kier molecular flexibility index (Phi) is 6.95. The Morgan fingerprint density at radius 2 is 2.04 bits per heavy atom. The van der Waals surface area contributed by atoms with Gasteiger partial charge in [-0.3, -0.25) is 9.69 Å². The molecule has 0 radical (unpaired) electrons. The van der Waals surface area contributed by atoms with Crippen LogP contribution in [0.1, 0.15) is 26.7 Å². The lowest BCUT2D eigenvalue weighted by Crippen LogP contribution is -2.49. The molecule has 0 saturated carbocycles. The second kappa shape index (κ2) is 9.19. The van der Waals surface area contributed by atoms with E-state index >= 15 is 0 Å². The standard InChI is InChI=1S/C19H26N2O3/c1-4-12-20-19(22)15(3)21-13-10-16(11-14-21)24-18-9-7-6-8-17(18)23-5-2/h1,6-9,15-16H,5,10-14H2,2-3H3,(H,20,22)/t15-/m1/s1. The molecule has 1 heterocycles. The summed E-state index contributed by atoms with van der Waals surface area (Å²) in [5.41, 5.74) is 0. The number of rotatable bonds is 7. The van der Waals surface area contributed by atoms with Gasteiger partial charge in [0.05, 0.1) is 19.2 Å². The van der Waals surface area contributed by atoms with Crippen molar-refractivity contribution in [1.82, 2.24) is 10.2 Å². The van der Waals surface area contributed by atoms with Gasteiger partial charge < -0.3 is 14.8 Å². The number of hydrogen-bond acceptors (Lipinski definition) is 4. The summed E-state index contributed by atoms with van der Waals surface area (Å²) in [7, 11) is 0. The summed E-state index contributed by atoms with van der Waals surface area (Å²) in [6.07, 6.45) is 7.08. The molecule has 130 valence electrons. The molecule has 1 N–H and O–H groups in total. The molecule has 24 heavy (non-hydrogen) atoms. The van der Waals surface area contributed by atoms with Crippen molar-refractivity contribution in [3.05, 3.63) is 24.3 Å². The van der Waals surface area contributed by atoms with Crippen molar-refractivity contribution < 1.29 is 14.3 Å². The molecular weight excluding hydrogens is 304 g/mol. The average molecular weight is 330 g/mol. The Bertz CT molecular complexity index is 574. The van der Waals surface area contributed by atoms with Gasteiger partial charge in [0, 0.05) is 13.1 Å². The van der Waals surface area contributed by atoms with E-state index in [2.05, 4.69) is 16.1 Å². The van der Waals surface area contributed by atoms with E-state index in [1.807, 2.05) is 38.1 Å². The quantitative estimate of drug-likeness (QED) is 0.778. The van der Waals surface area contributed by atoms with Crippen LogP contribution in [0, 0.1) is 12.3 Å². The Hall–Kier alpha value is -2.19. The first-order chi connectivity index (χ1) is 11.7. The lowest BCUT2D eigenvalue weighted by atomic mass is 10.1. The number of nitrogens with one attached hydrogen (secondary N) is 1. The van der Waals surface area contributed by atoms with Crippen molar-refractivity contribution in [3.63, 3.8) is 0 Å². The average Bonchev–Trinajstić information content (AvgIpc) is 2.61. The maximum Gasteiger partial charge on any atom is 0.237 e. The summed E-state index contributed by atoms with van der Waals surface area (Å²) in [5.74, 6) is 3.98. The molecule has 0 spiro atoms. The zero-order valence-electron chi connectivity index (χ0n) is 14.5. The number of likely N-dealkylation sites (tertiary alicyclic amines) is 1. The van der Waals surface area contributed by atoms with Crippen LogP contribution in [0.2, 0.25) is 0 Å². The first-order valence-electron chi connectivity index (χ1n) is 8.49. The third kappa shape index (κ3) is 4.90. The number of para-hydroxylation sites is 2. The molecule has 0 unspecified atom stereocenters. The molecule has 1 aromatic carbocycles. The van der Waals surface area contributed by atoms with Crippen molar-refractivity contribution in [2.45, 2.75) is 38.8 Å². The van der Waals surface area contributed by atoms with Crippen LogP contribution in [0.15, 0.2) is 24.3 Å². The Morgan fingerprint density at radius 1 is 1.38 bits per heavy atom. The Morgan fingerprint density at radius 3 is 2.67 bits per heavy atom. The number of terminal acetylenes is 1. The van der Waals surface area contributed by atoms with E-state index in [9.17, 15) is 4.79 Å². The number of piperidine rings is 1. The lowest BCUT2D eigenvalue weighted by Gasteiger charge is -2.35. The molecular formula is C19H26N2O3. The third-order valence-corrected chi connectivity index (χ3v) is 4.21. The summed E-state index contributed by atoms with van der Waals surface area (Å²) in [5, 5.41) is 2.74. The number of amides is 1. The van der Waals surface area contributed by atoms with E-state index in [1.165, 1.54) is 0 Å². The minimum absolute atomic E-state index is 0.0194. The number of hydrogen-bond donors (Lipinski definition) is 1. The van der Waals surface area contributed by atoms with E-state index in [0.717, 1.165) is 37.4 Å². The van der Waals surface area contributed by atoms with Gasteiger partial charge in [-0.05, 0) is 38.8 Å². The van der Waals surface area contributed by atoms with Crippen molar-refractivity contribution >= 4 is 5.91 Å². The van der Waals surface area contributed by atoms with Crippen LogP contribution in [0.4, 0.5) is 0 Å². The summed E-state index contributed by atoms with van der Waals surface area (Å²) in [6.45, 7) is 6.41. The fourth-order valence-corrected chi connectivity index (χ4v) is 2.83. The van der Waals surface area contributed by atoms with Crippen molar-refractivity contribution in [2.24, 2.45) is 0 Å². The van der Waals surface area contributed by atoms with Gasteiger partial charge in [0.2, 0.25) is 5.91 Å². The normalized spacial score (nSPS) is 16.9. The number of benzene rings is 1. The minimum atomic E-state index is -0.171. The molecule has 5 nitrogen and oxygen atoms in total. The van der Waals surface area contributed by atoms with Crippen molar-refractivity contribution in [2.75, 3.05) is 26.2 Å². The molecule has 5 heteroatoms. The molecule has 1 atom stereocenters. The van der Waals surface area contributed by atoms with Crippen molar-refractivity contribution in [1.29, 1.82) is 0 Å². The van der Waals surface area contributed by atoms with E-state index in [0.29, 0.717) is 6.61 Å². The van der Waals surface area contributed by atoms with Crippen LogP contribution in [-0.4, -0.2) is 49.2 Å². The van der Waals surface area contributed by atoms with E-state index in [-0.39, 0.29) is 24.6 Å². The maximum atomic E-state index is 12.0. The number of carbonyl (C=O) groups is 1. The molecule has 2 rings (SSSR count). The van der Waals surface area contributed by atoms with Crippen LogP contribution in [-0.2, 0) is 4.79 Å². The number of ether oxygens (including phenoxy) is 2. The molecule has 1 saturated heterocycles. The van der Waals surface area contributed by atoms with Gasteiger partial charge in [0.15, 0.2) is 11.5 Å². The van der Waals surface area contributed by atoms with Crippen molar-refractivity contribution in [3.8, 4) is 23.8 Å². The van der Waals surface area contributed by atoms with Crippen LogP contribution < -0.4 is 14.8 Å². The highest BCUT2D eigenvalue weighted by atomic mass is 16.5. The molecule has 1 amide bonds. The van der Waals surface area contributed by atoms with Gasteiger partial charge in [-0.15, -0.1) is 6.42 Å². The monoisotopic (exact) mass is 330 g/mol. The molecule has 0 aliphatic carbocycles. The molecule has 1 aromatic rings. The SMILES string of the molecule is C#CCNC(=O)[C@@H](C)N1CCC(Oc2ccccc2OCC)CC1. The molecule has 1 fully saturated rings. The Labute approximate surface area is 144 Å².